The quantitative estimate of drug-likeness (QED) is 0.841. The Morgan fingerprint density at radius 2 is 2.30 bits per heavy atom. The van der Waals surface area contributed by atoms with Gasteiger partial charge in [-0.1, -0.05) is 6.07 Å². The van der Waals surface area contributed by atoms with Crippen LogP contribution in [0.25, 0.3) is 0 Å². The minimum Gasteiger partial charge on any atom is -0.478 e. The molecule has 1 aliphatic heterocycles. The van der Waals surface area contributed by atoms with E-state index in [2.05, 4.69) is 5.32 Å². The van der Waals surface area contributed by atoms with Gasteiger partial charge in [-0.3, -0.25) is 9.69 Å². The molecule has 0 bridgehead atoms. The average Bonchev–Trinajstić information content (AvgIpc) is 2.86. The zero-order chi connectivity index (χ0) is 14.5. The van der Waals surface area contributed by atoms with Gasteiger partial charge in [0.15, 0.2) is 0 Å². The van der Waals surface area contributed by atoms with Gasteiger partial charge in [-0.05, 0) is 24.6 Å². The molecule has 1 atom stereocenters. The van der Waals surface area contributed by atoms with Gasteiger partial charge in [-0.15, -0.1) is 0 Å². The number of anilines is 1. The number of nitrogens with zero attached hydrogens (tertiary/aromatic N) is 1. The molecule has 1 aliphatic rings. The zero-order valence-electron chi connectivity index (χ0n) is 11.3. The molecular weight excluding hydrogens is 260 g/mol. The van der Waals surface area contributed by atoms with Crippen molar-refractivity contribution in [2.45, 2.75) is 12.5 Å². The molecule has 108 valence electrons. The monoisotopic (exact) mass is 278 g/mol. The van der Waals surface area contributed by atoms with Crippen molar-refractivity contribution in [3.8, 4) is 0 Å². The van der Waals surface area contributed by atoms with Crippen LogP contribution in [0.3, 0.4) is 0 Å². The van der Waals surface area contributed by atoms with Gasteiger partial charge in [-0.2, -0.15) is 0 Å². The lowest BCUT2D eigenvalue weighted by Gasteiger charge is -2.15. The van der Waals surface area contributed by atoms with Crippen LogP contribution in [0.1, 0.15) is 16.8 Å². The van der Waals surface area contributed by atoms with E-state index in [0.29, 0.717) is 5.69 Å². The Kier molecular flexibility index (Phi) is 4.70. The highest BCUT2D eigenvalue weighted by Crippen LogP contribution is 2.13. The summed E-state index contributed by atoms with van der Waals surface area (Å²) in [6.07, 6.45) is 1.12. The number of hydrogen-bond acceptors (Lipinski definition) is 4. The minimum absolute atomic E-state index is 0.149. The molecule has 0 spiro atoms. The Hall–Kier alpha value is -1.92. The number of carboxylic acids is 1. The van der Waals surface area contributed by atoms with E-state index in [0.717, 1.165) is 19.5 Å². The summed E-state index contributed by atoms with van der Waals surface area (Å²) in [5.41, 5.74) is 0.654. The topological polar surface area (TPSA) is 78.9 Å². The van der Waals surface area contributed by atoms with Crippen LogP contribution in [0.2, 0.25) is 0 Å². The molecular formula is C14H18N2O4. The normalized spacial score (nSPS) is 18.9. The summed E-state index contributed by atoms with van der Waals surface area (Å²) in [5.74, 6) is -1.16. The summed E-state index contributed by atoms with van der Waals surface area (Å²) >= 11 is 0. The van der Waals surface area contributed by atoms with E-state index >= 15 is 0 Å². The number of aromatic carboxylic acids is 1. The lowest BCUT2D eigenvalue weighted by molar-refractivity contribution is -0.117. The predicted octanol–water partition coefficient (Wildman–Crippen LogP) is 1.04. The third-order valence-electron chi connectivity index (χ3n) is 3.32. The molecule has 1 aromatic carbocycles. The molecule has 2 N–H and O–H groups in total. The molecule has 1 aromatic rings. The second kappa shape index (κ2) is 6.49. The molecule has 0 aliphatic carbocycles. The maximum atomic E-state index is 11.9. The Morgan fingerprint density at radius 1 is 1.50 bits per heavy atom. The molecule has 0 radical (unpaired) electrons. The second-order valence-electron chi connectivity index (χ2n) is 4.82. The summed E-state index contributed by atoms with van der Waals surface area (Å²) in [6.45, 7) is 1.87. The summed E-state index contributed by atoms with van der Waals surface area (Å²) in [7, 11) is 1.67. The first kappa shape index (κ1) is 14.5. The molecule has 20 heavy (non-hydrogen) atoms. The largest absolute Gasteiger partial charge is 0.478 e. The van der Waals surface area contributed by atoms with E-state index in [1.54, 1.807) is 19.2 Å². The fraction of sp³-hybridized carbons (Fsp3) is 0.429. The van der Waals surface area contributed by atoms with Gasteiger partial charge >= 0.3 is 5.97 Å². The van der Waals surface area contributed by atoms with Crippen LogP contribution in [0.15, 0.2) is 24.3 Å². The Morgan fingerprint density at radius 3 is 2.95 bits per heavy atom. The van der Waals surface area contributed by atoms with Crippen LogP contribution in [0.5, 0.6) is 0 Å². The molecule has 1 saturated heterocycles. The molecule has 6 heteroatoms. The van der Waals surface area contributed by atoms with Gasteiger partial charge in [0.1, 0.15) is 0 Å². The van der Waals surface area contributed by atoms with E-state index in [1.165, 1.54) is 12.1 Å². The fourth-order valence-electron chi connectivity index (χ4n) is 2.27. The number of carbonyl (C=O) groups excluding carboxylic acids is 1. The van der Waals surface area contributed by atoms with Gasteiger partial charge in [-0.25, -0.2) is 4.79 Å². The van der Waals surface area contributed by atoms with E-state index in [-0.39, 0.29) is 24.1 Å². The fourth-order valence-corrected chi connectivity index (χ4v) is 2.27. The van der Waals surface area contributed by atoms with E-state index < -0.39 is 5.97 Å². The van der Waals surface area contributed by atoms with Crippen LogP contribution in [0.4, 0.5) is 5.69 Å². The summed E-state index contributed by atoms with van der Waals surface area (Å²) in [4.78, 5) is 24.8. The number of carboxylic acid groups (broad SMARTS) is 1. The first-order valence-corrected chi connectivity index (χ1v) is 6.47. The van der Waals surface area contributed by atoms with Crippen LogP contribution >= 0.6 is 0 Å². The number of carbonyl (C=O) groups is 2. The highest BCUT2D eigenvalue weighted by Gasteiger charge is 2.23. The number of likely N-dealkylation sites (tertiary alicyclic amines) is 1. The standard InChI is InChI=1S/C14H18N2O4/c1-20-12-5-6-16(8-12)9-13(17)15-11-4-2-3-10(7-11)14(18)19/h2-4,7,12H,5-6,8-9H2,1H3,(H,15,17)(H,18,19). The van der Waals surface area contributed by atoms with Crippen molar-refractivity contribution in [3.63, 3.8) is 0 Å². The van der Waals surface area contributed by atoms with Crippen molar-refractivity contribution in [1.29, 1.82) is 0 Å². The molecule has 1 amide bonds. The van der Waals surface area contributed by atoms with Gasteiger partial charge in [0.25, 0.3) is 0 Å². The summed E-state index contributed by atoms with van der Waals surface area (Å²) in [6, 6.07) is 6.21. The maximum absolute atomic E-state index is 11.9. The number of rotatable bonds is 5. The Labute approximate surface area is 117 Å². The van der Waals surface area contributed by atoms with Crippen molar-refractivity contribution in [2.75, 3.05) is 32.1 Å². The molecule has 1 fully saturated rings. The van der Waals surface area contributed by atoms with Crippen LogP contribution in [-0.4, -0.2) is 54.7 Å². The first-order valence-electron chi connectivity index (χ1n) is 6.47. The van der Waals surface area contributed by atoms with Crippen molar-refractivity contribution >= 4 is 17.6 Å². The number of hydrogen-bond donors (Lipinski definition) is 2. The van der Waals surface area contributed by atoms with E-state index in [1.807, 2.05) is 4.90 Å². The zero-order valence-corrected chi connectivity index (χ0v) is 11.3. The molecule has 1 unspecified atom stereocenters. The number of methoxy groups -OCH3 is 1. The smallest absolute Gasteiger partial charge is 0.335 e. The lowest BCUT2D eigenvalue weighted by atomic mass is 10.2. The van der Waals surface area contributed by atoms with Crippen molar-refractivity contribution in [1.82, 2.24) is 4.90 Å². The molecule has 1 heterocycles. The molecule has 0 aromatic heterocycles. The number of ether oxygens (including phenoxy) is 1. The Balaban J connectivity index is 1.88. The van der Waals surface area contributed by atoms with Gasteiger partial charge in [0.05, 0.1) is 18.2 Å². The van der Waals surface area contributed by atoms with E-state index in [4.69, 9.17) is 9.84 Å². The van der Waals surface area contributed by atoms with Gasteiger partial charge in [0.2, 0.25) is 5.91 Å². The van der Waals surface area contributed by atoms with Crippen molar-refractivity contribution in [3.05, 3.63) is 29.8 Å². The van der Waals surface area contributed by atoms with Crippen molar-refractivity contribution < 1.29 is 19.4 Å². The third kappa shape index (κ3) is 3.79. The van der Waals surface area contributed by atoms with Crippen molar-refractivity contribution in [2.24, 2.45) is 0 Å². The number of nitrogens with one attached hydrogen (secondary N) is 1. The predicted molar refractivity (Wildman–Crippen MR) is 73.9 cm³/mol. The highest BCUT2D eigenvalue weighted by atomic mass is 16.5. The highest BCUT2D eigenvalue weighted by molar-refractivity contribution is 5.94. The Bertz CT molecular complexity index is 504. The SMILES string of the molecule is COC1CCN(CC(=O)Nc2cccc(C(=O)O)c2)C1. The lowest BCUT2D eigenvalue weighted by Crippen LogP contribution is -2.32. The minimum atomic E-state index is -1.01. The molecule has 6 nitrogen and oxygen atoms in total. The van der Waals surface area contributed by atoms with Gasteiger partial charge in [0, 0.05) is 25.9 Å². The maximum Gasteiger partial charge on any atom is 0.335 e. The second-order valence-corrected chi connectivity index (χ2v) is 4.82. The van der Waals surface area contributed by atoms with E-state index in [9.17, 15) is 9.59 Å². The summed E-state index contributed by atoms with van der Waals surface area (Å²) in [5, 5.41) is 11.6. The number of benzene rings is 1. The molecule has 2 rings (SSSR count). The third-order valence-corrected chi connectivity index (χ3v) is 3.32. The molecule has 0 saturated carbocycles. The van der Waals surface area contributed by atoms with Crippen LogP contribution < -0.4 is 5.32 Å². The number of amides is 1. The van der Waals surface area contributed by atoms with Gasteiger partial charge < -0.3 is 15.2 Å². The average molecular weight is 278 g/mol. The first-order chi connectivity index (χ1) is 9.58. The van der Waals surface area contributed by atoms with Crippen LogP contribution in [-0.2, 0) is 9.53 Å². The van der Waals surface area contributed by atoms with Crippen LogP contribution in [0, 0.1) is 0 Å². The summed E-state index contributed by atoms with van der Waals surface area (Å²) < 4.78 is 5.24.